The van der Waals surface area contributed by atoms with Crippen molar-refractivity contribution in [2.24, 2.45) is 5.73 Å². The summed E-state index contributed by atoms with van der Waals surface area (Å²) in [6.45, 7) is 2.26. The quantitative estimate of drug-likeness (QED) is 0.504. The van der Waals surface area contributed by atoms with Crippen molar-refractivity contribution in [2.75, 3.05) is 11.9 Å². The molecule has 1 aromatic rings. The lowest BCUT2D eigenvalue weighted by molar-refractivity contribution is -0.123. The van der Waals surface area contributed by atoms with Crippen LogP contribution in [0.1, 0.15) is 89.5 Å². The Morgan fingerprint density at radius 3 is 2.19 bits per heavy atom. The van der Waals surface area contributed by atoms with Gasteiger partial charge in [0.15, 0.2) is 0 Å². The molecule has 2 heterocycles. The number of primary amides is 1. The number of hydrogen-bond acceptors (Lipinski definition) is 3. The smallest absolute Gasteiger partial charge is 0.243 e. The van der Waals surface area contributed by atoms with Gasteiger partial charge < -0.3 is 10.6 Å². The van der Waals surface area contributed by atoms with Gasteiger partial charge in [-0.1, -0.05) is 83.6 Å². The molecule has 1 amide bonds. The number of aromatic nitrogens is 1. The molecule has 0 radical (unpaired) electrons. The fourth-order valence-corrected chi connectivity index (χ4v) is 4.22. The molecule has 0 aliphatic carbocycles. The molecular weight excluding hydrogens is 322 g/mol. The Balaban J connectivity index is 1.66. The zero-order valence-corrected chi connectivity index (χ0v) is 16.8. The molecule has 2 rings (SSSR count). The fourth-order valence-electron chi connectivity index (χ4n) is 4.22. The summed E-state index contributed by atoms with van der Waals surface area (Å²) in [4.78, 5) is 18.7. The van der Waals surface area contributed by atoms with Crippen LogP contribution in [0.25, 0.3) is 0 Å². The number of nitrogens with zero attached hydrogens (tertiary/aromatic N) is 2. The monoisotopic (exact) mass is 359 g/mol. The molecule has 0 saturated heterocycles. The van der Waals surface area contributed by atoms with Gasteiger partial charge in [0, 0.05) is 19.7 Å². The summed E-state index contributed by atoms with van der Waals surface area (Å²) >= 11 is 0. The molecule has 4 heteroatoms. The van der Waals surface area contributed by atoms with Crippen LogP contribution in [0.15, 0.2) is 18.3 Å². The molecule has 0 aromatic carbocycles. The van der Waals surface area contributed by atoms with Gasteiger partial charge in [-0.25, -0.2) is 4.98 Å². The van der Waals surface area contributed by atoms with Gasteiger partial charge in [0.25, 0.3) is 0 Å². The van der Waals surface area contributed by atoms with Gasteiger partial charge in [-0.2, -0.15) is 0 Å². The minimum Gasteiger partial charge on any atom is -0.368 e. The predicted molar refractivity (Wildman–Crippen MR) is 109 cm³/mol. The first kappa shape index (κ1) is 20.7. The van der Waals surface area contributed by atoms with Crippen molar-refractivity contribution >= 4 is 11.7 Å². The number of nitrogens with two attached hydrogens (primary N) is 1. The number of likely N-dealkylation sites (N-methyl/N-ethyl adjacent to an activating group) is 1. The Morgan fingerprint density at radius 1 is 1.08 bits per heavy atom. The number of amides is 1. The zero-order chi connectivity index (χ0) is 18.8. The van der Waals surface area contributed by atoms with Crippen molar-refractivity contribution in [1.82, 2.24) is 4.98 Å². The van der Waals surface area contributed by atoms with Crippen LogP contribution in [-0.4, -0.2) is 23.5 Å². The molecular formula is C22H37N3O. The molecule has 0 bridgehead atoms. The highest BCUT2D eigenvalue weighted by atomic mass is 16.1. The normalized spacial score (nSPS) is 18.9. The number of anilines is 1. The van der Waals surface area contributed by atoms with Crippen LogP contribution < -0.4 is 10.6 Å². The standard InChI is InChI=1S/C22H37N3O/c1-3-4-5-6-7-8-9-10-11-12-13-16-22(21(23)26)18-19-15-14-17-24-20(19)25(22)2/h14-15,17H,3-13,16,18H2,1-2H3,(H2,23,26). The largest absolute Gasteiger partial charge is 0.368 e. The number of carbonyl (C=O) groups excluding carboxylic acids is 1. The Labute approximate surface area is 159 Å². The Morgan fingerprint density at radius 2 is 1.65 bits per heavy atom. The van der Waals surface area contributed by atoms with E-state index < -0.39 is 5.54 Å². The number of rotatable bonds is 13. The summed E-state index contributed by atoms with van der Waals surface area (Å²) in [6.07, 6.45) is 17.7. The molecule has 1 aliphatic heterocycles. The van der Waals surface area contributed by atoms with E-state index in [4.69, 9.17) is 5.73 Å². The Kier molecular flexibility index (Phi) is 8.40. The second-order valence-electron chi connectivity index (χ2n) is 7.90. The van der Waals surface area contributed by atoms with Gasteiger partial charge in [-0.05, 0) is 18.1 Å². The van der Waals surface area contributed by atoms with Gasteiger partial charge >= 0.3 is 0 Å². The maximum absolute atomic E-state index is 12.3. The average molecular weight is 360 g/mol. The summed E-state index contributed by atoms with van der Waals surface area (Å²) in [5.41, 5.74) is 6.37. The number of unbranched alkanes of at least 4 members (excludes halogenated alkanes) is 10. The van der Waals surface area contributed by atoms with Crippen LogP contribution in [0.4, 0.5) is 5.82 Å². The van der Waals surface area contributed by atoms with Crippen molar-refractivity contribution in [3.05, 3.63) is 23.9 Å². The SMILES string of the molecule is CCCCCCCCCCCCCC1(C(N)=O)Cc2cccnc2N1C. The molecule has 1 atom stereocenters. The van der Waals surface area contributed by atoms with Crippen LogP contribution in [0, 0.1) is 0 Å². The van der Waals surface area contributed by atoms with Crippen molar-refractivity contribution in [1.29, 1.82) is 0 Å². The van der Waals surface area contributed by atoms with E-state index in [0.717, 1.165) is 24.2 Å². The van der Waals surface area contributed by atoms with Gasteiger partial charge in [0.2, 0.25) is 5.91 Å². The molecule has 1 aliphatic rings. The summed E-state index contributed by atoms with van der Waals surface area (Å²) in [5.74, 6) is 0.694. The highest BCUT2D eigenvalue weighted by Gasteiger charge is 2.46. The molecule has 0 spiro atoms. The topological polar surface area (TPSA) is 59.2 Å². The average Bonchev–Trinajstić information content (AvgIpc) is 2.93. The third kappa shape index (κ3) is 5.21. The first-order valence-corrected chi connectivity index (χ1v) is 10.6. The third-order valence-corrected chi connectivity index (χ3v) is 5.96. The lowest BCUT2D eigenvalue weighted by Crippen LogP contribution is -2.55. The first-order chi connectivity index (χ1) is 12.6. The lowest BCUT2D eigenvalue weighted by Gasteiger charge is -2.34. The molecule has 4 nitrogen and oxygen atoms in total. The van der Waals surface area contributed by atoms with Gasteiger partial charge in [-0.15, -0.1) is 0 Å². The van der Waals surface area contributed by atoms with E-state index in [2.05, 4.69) is 18.0 Å². The van der Waals surface area contributed by atoms with Crippen molar-refractivity contribution in [3.63, 3.8) is 0 Å². The van der Waals surface area contributed by atoms with Crippen molar-refractivity contribution in [3.8, 4) is 0 Å². The van der Waals surface area contributed by atoms with E-state index in [9.17, 15) is 4.79 Å². The van der Waals surface area contributed by atoms with E-state index in [1.807, 2.05) is 18.0 Å². The van der Waals surface area contributed by atoms with Gasteiger partial charge in [0.05, 0.1) is 0 Å². The minimum atomic E-state index is -0.587. The number of carbonyl (C=O) groups is 1. The molecule has 2 N–H and O–H groups in total. The fraction of sp³-hybridized carbons (Fsp3) is 0.727. The van der Waals surface area contributed by atoms with E-state index in [0.29, 0.717) is 6.42 Å². The summed E-state index contributed by atoms with van der Waals surface area (Å²) in [6, 6.07) is 4.00. The number of pyridine rings is 1. The van der Waals surface area contributed by atoms with E-state index in [1.54, 1.807) is 6.20 Å². The van der Waals surface area contributed by atoms with Crippen LogP contribution in [0.3, 0.4) is 0 Å². The second-order valence-corrected chi connectivity index (χ2v) is 7.90. The summed E-state index contributed by atoms with van der Waals surface area (Å²) in [7, 11) is 1.96. The first-order valence-electron chi connectivity index (χ1n) is 10.6. The van der Waals surface area contributed by atoms with Crippen molar-refractivity contribution < 1.29 is 4.79 Å². The Bertz CT molecular complexity index is 560. The van der Waals surface area contributed by atoms with Gasteiger partial charge in [-0.3, -0.25) is 4.79 Å². The van der Waals surface area contributed by atoms with Crippen LogP contribution in [-0.2, 0) is 11.2 Å². The van der Waals surface area contributed by atoms with E-state index in [-0.39, 0.29) is 5.91 Å². The van der Waals surface area contributed by atoms with Crippen LogP contribution in [0.5, 0.6) is 0 Å². The van der Waals surface area contributed by atoms with Crippen molar-refractivity contribution in [2.45, 2.75) is 95.9 Å². The molecule has 1 unspecified atom stereocenters. The summed E-state index contributed by atoms with van der Waals surface area (Å²) < 4.78 is 0. The zero-order valence-electron chi connectivity index (χ0n) is 16.8. The second kappa shape index (κ2) is 10.5. The maximum atomic E-state index is 12.3. The molecule has 0 saturated carbocycles. The molecule has 1 aromatic heterocycles. The Hall–Kier alpha value is -1.58. The summed E-state index contributed by atoms with van der Waals surface area (Å²) in [5, 5.41) is 0. The molecule has 146 valence electrons. The van der Waals surface area contributed by atoms with E-state index >= 15 is 0 Å². The minimum absolute atomic E-state index is 0.218. The molecule has 26 heavy (non-hydrogen) atoms. The van der Waals surface area contributed by atoms with E-state index in [1.165, 1.54) is 64.2 Å². The third-order valence-electron chi connectivity index (χ3n) is 5.96. The highest BCUT2D eigenvalue weighted by Crippen LogP contribution is 2.39. The number of hydrogen-bond donors (Lipinski definition) is 1. The number of fused-ring (bicyclic) bond motifs is 1. The maximum Gasteiger partial charge on any atom is 0.243 e. The predicted octanol–water partition coefficient (Wildman–Crippen LogP) is 5.00. The highest BCUT2D eigenvalue weighted by molar-refractivity contribution is 5.91. The van der Waals surface area contributed by atoms with Gasteiger partial charge in [0.1, 0.15) is 11.4 Å². The molecule has 0 fully saturated rings. The van der Waals surface area contributed by atoms with Crippen LogP contribution in [0.2, 0.25) is 0 Å². The van der Waals surface area contributed by atoms with Crippen LogP contribution >= 0.6 is 0 Å². The lowest BCUT2D eigenvalue weighted by atomic mass is 9.87.